The molecule has 0 saturated carbocycles. The summed E-state index contributed by atoms with van der Waals surface area (Å²) in [4.78, 5) is 19.3. The van der Waals surface area contributed by atoms with Crippen LogP contribution in [0, 0.1) is 6.92 Å². The summed E-state index contributed by atoms with van der Waals surface area (Å²) in [5.41, 5.74) is 1.27. The number of rotatable bonds is 6. The van der Waals surface area contributed by atoms with Crippen molar-refractivity contribution < 1.29 is 14.3 Å². The van der Waals surface area contributed by atoms with Gasteiger partial charge in [-0.05, 0) is 23.9 Å². The smallest absolute Gasteiger partial charge is 0.276 e. The number of carbonyl (C=O) groups is 1. The molecule has 0 saturated heterocycles. The highest BCUT2D eigenvalue weighted by Gasteiger charge is 2.24. The third-order valence-corrected chi connectivity index (χ3v) is 4.69. The Bertz CT molecular complexity index is 784. The molecule has 3 aromatic rings. The number of aromatic nitrogens is 1. The van der Waals surface area contributed by atoms with Crippen LogP contribution in [0.3, 0.4) is 0 Å². The summed E-state index contributed by atoms with van der Waals surface area (Å²) >= 11 is 1.47. The van der Waals surface area contributed by atoms with E-state index in [0.29, 0.717) is 12.3 Å². The molecule has 3 rings (SSSR count). The maximum Gasteiger partial charge on any atom is 0.276 e. The van der Waals surface area contributed by atoms with E-state index < -0.39 is 6.10 Å². The van der Waals surface area contributed by atoms with Crippen molar-refractivity contribution >= 4 is 17.2 Å². The lowest BCUT2D eigenvalue weighted by molar-refractivity contribution is 0.0602. The van der Waals surface area contributed by atoms with Gasteiger partial charge in [0.25, 0.3) is 5.91 Å². The van der Waals surface area contributed by atoms with E-state index in [1.54, 1.807) is 11.8 Å². The van der Waals surface area contributed by atoms with Crippen LogP contribution in [-0.4, -0.2) is 27.4 Å². The molecule has 5 nitrogen and oxygen atoms in total. The van der Waals surface area contributed by atoms with Crippen molar-refractivity contribution in [3.63, 3.8) is 0 Å². The van der Waals surface area contributed by atoms with Crippen LogP contribution in [0.4, 0.5) is 0 Å². The van der Waals surface area contributed by atoms with E-state index in [4.69, 9.17) is 4.42 Å². The fourth-order valence-corrected chi connectivity index (χ4v) is 3.17. The normalized spacial score (nSPS) is 12.1. The van der Waals surface area contributed by atoms with Crippen molar-refractivity contribution in [3.8, 4) is 0 Å². The van der Waals surface area contributed by atoms with Crippen LogP contribution in [0.25, 0.3) is 0 Å². The summed E-state index contributed by atoms with van der Waals surface area (Å²) < 4.78 is 5.14. The summed E-state index contributed by atoms with van der Waals surface area (Å²) in [7, 11) is 0. The number of benzene rings is 1. The number of carbonyl (C=O) groups excluding carboxylic acids is 1. The number of oxazole rings is 1. The van der Waals surface area contributed by atoms with E-state index in [1.807, 2.05) is 47.8 Å². The minimum absolute atomic E-state index is 0.195. The maximum absolute atomic E-state index is 12.8. The summed E-state index contributed by atoms with van der Waals surface area (Å²) in [6, 6.07) is 13.4. The van der Waals surface area contributed by atoms with Crippen LogP contribution in [0.15, 0.2) is 58.7 Å². The Morgan fingerprint density at radius 1 is 1.29 bits per heavy atom. The van der Waals surface area contributed by atoms with Crippen molar-refractivity contribution in [2.75, 3.05) is 6.54 Å². The molecule has 1 aromatic carbocycles. The fourth-order valence-electron chi connectivity index (χ4n) is 2.46. The molecule has 1 N–H and O–H groups in total. The van der Waals surface area contributed by atoms with Crippen LogP contribution < -0.4 is 0 Å². The number of amides is 1. The van der Waals surface area contributed by atoms with Crippen molar-refractivity contribution in [2.24, 2.45) is 0 Å². The van der Waals surface area contributed by atoms with Crippen LogP contribution in [0.1, 0.15) is 32.8 Å². The number of thiophene rings is 1. The Kier molecular flexibility index (Phi) is 5.08. The third kappa shape index (κ3) is 3.72. The Labute approximate surface area is 144 Å². The van der Waals surface area contributed by atoms with Gasteiger partial charge in [0.2, 0.25) is 0 Å². The molecule has 0 spiro atoms. The molecular formula is C18H18N2O3S. The van der Waals surface area contributed by atoms with E-state index >= 15 is 0 Å². The lowest BCUT2D eigenvalue weighted by atomic mass is 10.1. The van der Waals surface area contributed by atoms with Crippen molar-refractivity contribution in [2.45, 2.75) is 19.6 Å². The molecule has 0 aliphatic rings. The molecule has 0 radical (unpaired) electrons. The van der Waals surface area contributed by atoms with Gasteiger partial charge in [-0.3, -0.25) is 4.79 Å². The molecule has 2 aromatic heterocycles. The zero-order chi connectivity index (χ0) is 16.9. The maximum atomic E-state index is 12.8. The summed E-state index contributed by atoms with van der Waals surface area (Å²) in [6.07, 6.45) is 0.531. The quantitative estimate of drug-likeness (QED) is 0.745. The van der Waals surface area contributed by atoms with Crippen molar-refractivity contribution in [1.29, 1.82) is 0 Å². The average Bonchev–Trinajstić information content (AvgIpc) is 3.26. The standard InChI is InChI=1S/C18H18N2O3S/c1-13-17(19-12-23-13)18(22)20(10-14-6-3-2-4-7-14)11-15(21)16-8-5-9-24-16/h2-9,12,15,21H,10-11H2,1H3. The second-order valence-corrected chi connectivity index (χ2v) is 6.44. The minimum Gasteiger partial charge on any atom is -0.448 e. The molecule has 1 unspecified atom stereocenters. The Morgan fingerprint density at radius 2 is 2.08 bits per heavy atom. The number of aryl methyl sites for hydroxylation is 1. The predicted molar refractivity (Wildman–Crippen MR) is 91.7 cm³/mol. The molecule has 1 atom stereocenters. The predicted octanol–water partition coefficient (Wildman–Crippen LogP) is 3.42. The van der Waals surface area contributed by atoms with Gasteiger partial charge in [0.15, 0.2) is 12.1 Å². The molecule has 0 bridgehead atoms. The first-order chi connectivity index (χ1) is 11.6. The first-order valence-corrected chi connectivity index (χ1v) is 8.48. The van der Waals surface area contributed by atoms with Gasteiger partial charge in [-0.25, -0.2) is 4.98 Å². The SMILES string of the molecule is Cc1ocnc1C(=O)N(Cc1ccccc1)CC(O)c1cccs1. The second-order valence-electron chi connectivity index (χ2n) is 5.46. The van der Waals surface area contributed by atoms with E-state index in [9.17, 15) is 9.90 Å². The molecule has 0 aliphatic carbocycles. The van der Waals surface area contributed by atoms with Crippen LogP contribution in [0.2, 0.25) is 0 Å². The summed E-state index contributed by atoms with van der Waals surface area (Å²) in [5, 5.41) is 12.4. The van der Waals surface area contributed by atoms with Crippen molar-refractivity contribution in [3.05, 3.63) is 76.1 Å². The molecule has 2 heterocycles. The molecule has 124 valence electrons. The van der Waals surface area contributed by atoms with E-state index in [-0.39, 0.29) is 18.1 Å². The van der Waals surface area contributed by atoms with Crippen molar-refractivity contribution in [1.82, 2.24) is 9.88 Å². The fraction of sp³-hybridized carbons (Fsp3) is 0.222. The second kappa shape index (κ2) is 7.42. The van der Waals surface area contributed by atoms with Gasteiger partial charge in [-0.1, -0.05) is 36.4 Å². The number of nitrogens with zero attached hydrogens (tertiary/aromatic N) is 2. The number of hydrogen-bond acceptors (Lipinski definition) is 5. The first-order valence-electron chi connectivity index (χ1n) is 7.60. The average molecular weight is 342 g/mol. The van der Waals surface area contributed by atoms with Gasteiger partial charge in [-0.15, -0.1) is 11.3 Å². The molecular weight excluding hydrogens is 324 g/mol. The largest absolute Gasteiger partial charge is 0.448 e. The minimum atomic E-state index is -0.732. The van der Waals surface area contributed by atoms with Gasteiger partial charge in [0.1, 0.15) is 11.9 Å². The topological polar surface area (TPSA) is 66.6 Å². The third-order valence-electron chi connectivity index (χ3n) is 3.72. The molecule has 1 amide bonds. The monoisotopic (exact) mass is 342 g/mol. The van der Waals surface area contributed by atoms with E-state index in [1.165, 1.54) is 17.7 Å². The van der Waals surface area contributed by atoms with Crippen LogP contribution in [-0.2, 0) is 6.54 Å². The van der Waals surface area contributed by atoms with E-state index in [2.05, 4.69) is 4.98 Å². The van der Waals surface area contributed by atoms with Crippen LogP contribution in [0.5, 0.6) is 0 Å². The highest BCUT2D eigenvalue weighted by atomic mass is 32.1. The summed E-state index contributed by atoms with van der Waals surface area (Å²) in [6.45, 7) is 2.30. The van der Waals surface area contributed by atoms with Gasteiger partial charge >= 0.3 is 0 Å². The number of aliphatic hydroxyl groups excluding tert-OH is 1. The van der Waals surface area contributed by atoms with Gasteiger partial charge in [-0.2, -0.15) is 0 Å². The Hall–Kier alpha value is -2.44. The lowest BCUT2D eigenvalue weighted by Crippen LogP contribution is -2.34. The molecule has 24 heavy (non-hydrogen) atoms. The zero-order valence-corrected chi connectivity index (χ0v) is 14.1. The number of hydrogen-bond donors (Lipinski definition) is 1. The molecule has 0 aliphatic heterocycles. The lowest BCUT2D eigenvalue weighted by Gasteiger charge is -2.24. The highest BCUT2D eigenvalue weighted by Crippen LogP contribution is 2.22. The van der Waals surface area contributed by atoms with Crippen LogP contribution >= 0.6 is 11.3 Å². The zero-order valence-electron chi connectivity index (χ0n) is 13.3. The van der Waals surface area contributed by atoms with Gasteiger partial charge in [0, 0.05) is 11.4 Å². The Morgan fingerprint density at radius 3 is 2.71 bits per heavy atom. The van der Waals surface area contributed by atoms with E-state index in [0.717, 1.165) is 10.4 Å². The number of aliphatic hydroxyl groups is 1. The molecule has 6 heteroatoms. The Balaban J connectivity index is 1.83. The highest BCUT2D eigenvalue weighted by molar-refractivity contribution is 7.10. The van der Waals surface area contributed by atoms with Gasteiger partial charge < -0.3 is 14.4 Å². The molecule has 0 fully saturated rings. The van der Waals surface area contributed by atoms with Gasteiger partial charge in [0.05, 0.1) is 6.54 Å². The first kappa shape index (κ1) is 16.4. The summed E-state index contributed by atoms with van der Waals surface area (Å²) in [5.74, 6) is 0.226.